The van der Waals surface area contributed by atoms with E-state index in [2.05, 4.69) is 273 Å². The number of hydrogen-bond acceptors (Lipinski definition) is 25. The first-order valence-electron chi connectivity index (χ1n) is 55.0. The lowest BCUT2D eigenvalue weighted by Crippen LogP contribution is -2.41. The molecule has 150 heavy (non-hydrogen) atoms. The smallest absolute Gasteiger partial charge is 0.219 e. The summed E-state index contributed by atoms with van der Waals surface area (Å²) in [6.07, 6.45) is 34.9. The maximum absolute atomic E-state index is 11.5. The molecule has 0 aromatic carbocycles. The van der Waals surface area contributed by atoms with Gasteiger partial charge in [0.15, 0.2) is 0 Å². The van der Waals surface area contributed by atoms with Gasteiger partial charge in [0.05, 0.1) is 11.9 Å². The highest BCUT2D eigenvalue weighted by Gasteiger charge is 2.33. The molecule has 0 bridgehead atoms. The van der Waals surface area contributed by atoms with Gasteiger partial charge in [0.2, 0.25) is 51.3 Å². The molecule has 8 aromatic rings. The van der Waals surface area contributed by atoms with Gasteiger partial charge in [-0.3, -0.25) is 24.2 Å². The molecule has 8 fully saturated rings. The van der Waals surface area contributed by atoms with Gasteiger partial charge in [0.1, 0.15) is 49.4 Å². The second kappa shape index (κ2) is 56.1. The topological polar surface area (TPSA) is 338 Å². The Morgan fingerprint density at radius 2 is 0.733 bits per heavy atom. The van der Waals surface area contributed by atoms with Crippen LogP contribution in [0.5, 0.6) is 17.6 Å². The number of nitrogens with zero attached hydrogens (tertiary/aromatic N) is 18. The van der Waals surface area contributed by atoms with Crippen molar-refractivity contribution in [2.75, 3.05) is 123 Å². The molecule has 0 saturated carbocycles. The summed E-state index contributed by atoms with van der Waals surface area (Å²) in [5, 5.41) is 6.86. The van der Waals surface area contributed by atoms with E-state index in [4.69, 9.17) is 18.9 Å². The summed E-state index contributed by atoms with van der Waals surface area (Å²) >= 11 is 0. The monoisotopic (exact) mass is 2090 g/mol. The van der Waals surface area contributed by atoms with Crippen LogP contribution in [0, 0.1) is 23.7 Å². The van der Waals surface area contributed by atoms with Gasteiger partial charge in [-0.2, -0.15) is 0 Å². The Kier molecular flexibility index (Phi) is 46.1. The minimum Gasteiger partial charge on any atom is -0.474 e. The van der Waals surface area contributed by atoms with Crippen LogP contribution in [0.4, 0.5) is 5.82 Å². The van der Waals surface area contributed by atoms with Gasteiger partial charge in [-0.15, -0.1) is 0 Å². The van der Waals surface area contributed by atoms with E-state index in [9.17, 15) is 27.6 Å². The first-order valence-corrected chi connectivity index (χ1v) is 56.8. The highest BCUT2D eigenvalue weighted by Crippen LogP contribution is 2.35. The average Bonchev–Trinajstić information content (AvgIpc) is 1.65. The fraction of sp³-hybridized carbons (Fsp3) is 0.664. The zero-order valence-corrected chi connectivity index (χ0v) is 97.9. The lowest BCUT2D eigenvalue weighted by Gasteiger charge is -2.32. The lowest BCUT2D eigenvalue weighted by atomic mass is 9.86. The summed E-state index contributed by atoms with van der Waals surface area (Å²) in [5.41, 5.74) is 15.0. The first kappa shape index (κ1) is 123. The average molecular weight is 2090 g/mol. The third-order valence-corrected chi connectivity index (χ3v) is 30.3. The Labute approximate surface area is 900 Å². The van der Waals surface area contributed by atoms with Crippen molar-refractivity contribution in [3.8, 4) is 17.6 Å². The van der Waals surface area contributed by atoms with Crippen LogP contribution in [0.2, 0.25) is 0 Å². The Morgan fingerprint density at radius 1 is 0.373 bits per heavy atom. The summed E-state index contributed by atoms with van der Waals surface area (Å²) in [5.74, 6) is 6.31. The normalized spacial score (nSPS) is 18.8. The number of nitrogens with one attached hydrogen (secondary N) is 2. The number of sulfonamides is 1. The quantitative estimate of drug-likeness (QED) is 0.0855. The molecule has 2 N–H and O–H groups in total. The zero-order chi connectivity index (χ0) is 110. The number of carbonyl (C=O) groups is 4. The number of amides is 4. The van der Waals surface area contributed by atoms with Gasteiger partial charge < -0.3 is 54.1 Å². The van der Waals surface area contributed by atoms with Crippen molar-refractivity contribution in [2.24, 2.45) is 23.7 Å². The van der Waals surface area contributed by atoms with E-state index in [1.54, 1.807) is 71.6 Å². The third-order valence-electron chi connectivity index (χ3n) is 28.9. The number of piperidine rings is 5. The van der Waals surface area contributed by atoms with Crippen molar-refractivity contribution in [3.05, 3.63) is 191 Å². The summed E-state index contributed by atoms with van der Waals surface area (Å²) in [6, 6.07) is 23.3. The summed E-state index contributed by atoms with van der Waals surface area (Å²) in [6.45, 7) is 72.9. The molecule has 8 aliphatic heterocycles. The van der Waals surface area contributed by atoms with Gasteiger partial charge >= 0.3 is 0 Å². The SMILES string of the molecule is CC(=O)N1CCC(Cc2cc(C(C)(C)C)ncn2)C1.CC(=O)N1CCC(Nc2cc(C(C)(C)C)ncn2)CC1.CC(=O)N1CCC(Oc2cc(C(C)(C)C)ccn2)CC1.CC(=O)N1CCC(Oc2cc(C(C)(C)C)ccn2)CC1.CC(C)(C)c1cc(CC2CCNC2)ncn1.CC(C)(C)c1ccnc(OC2CCN(S(C)(=O)=O)CC2)c1.CC(C)(C)c1cncc(CC2CCOC2)c1.CN1CCC(Cc2cc(C(C)(C)C)ncn2)CC1. The first-order chi connectivity index (χ1) is 70.2. The molecule has 0 radical (unpaired) electrons. The third kappa shape index (κ3) is 43.0. The van der Waals surface area contributed by atoms with Gasteiger partial charge in [-0.05, 0) is 226 Å². The van der Waals surface area contributed by atoms with Crippen LogP contribution in [0.25, 0.3) is 0 Å². The van der Waals surface area contributed by atoms with Gasteiger partial charge in [-0.1, -0.05) is 172 Å². The van der Waals surface area contributed by atoms with Crippen LogP contribution in [-0.2, 0) is 103 Å². The van der Waals surface area contributed by atoms with Gasteiger partial charge in [0.25, 0.3) is 0 Å². The number of pyridine rings is 4. The van der Waals surface area contributed by atoms with E-state index in [0.29, 0.717) is 61.4 Å². The summed E-state index contributed by atoms with van der Waals surface area (Å²) < 4.78 is 47.7. The molecule has 0 aliphatic carbocycles. The van der Waals surface area contributed by atoms with Crippen LogP contribution < -0.4 is 24.8 Å². The highest BCUT2D eigenvalue weighted by molar-refractivity contribution is 7.88. The van der Waals surface area contributed by atoms with E-state index >= 15 is 0 Å². The molecular formula is C119H186N20O10S. The van der Waals surface area contributed by atoms with Crippen molar-refractivity contribution in [1.82, 2.24) is 93.9 Å². The maximum Gasteiger partial charge on any atom is 0.219 e. The number of aromatic nitrogens is 12. The highest BCUT2D eigenvalue weighted by atomic mass is 32.2. The van der Waals surface area contributed by atoms with Crippen LogP contribution >= 0.6 is 0 Å². The van der Waals surface area contributed by atoms with Crippen LogP contribution in [-0.4, -0.2) is 263 Å². The minimum absolute atomic E-state index is 0.0252. The predicted molar refractivity (Wildman–Crippen MR) is 601 cm³/mol. The second-order valence-corrected chi connectivity index (χ2v) is 52.5. The number of ether oxygens (including phenoxy) is 4. The van der Waals surface area contributed by atoms with Crippen molar-refractivity contribution in [3.63, 3.8) is 0 Å². The Hall–Kier alpha value is -10.2. The van der Waals surface area contributed by atoms with Crippen molar-refractivity contribution in [1.29, 1.82) is 0 Å². The molecule has 3 atom stereocenters. The second-order valence-electron chi connectivity index (χ2n) is 50.5. The summed E-state index contributed by atoms with van der Waals surface area (Å²) in [4.78, 5) is 107. The molecule has 16 rings (SSSR count). The van der Waals surface area contributed by atoms with E-state index in [1.165, 1.54) is 88.5 Å². The predicted octanol–water partition coefficient (Wildman–Crippen LogP) is 19.6. The molecule has 0 spiro atoms. The van der Waals surface area contributed by atoms with Gasteiger partial charge in [-0.25, -0.2) is 67.5 Å². The molecule has 4 amide bonds. The fourth-order valence-electron chi connectivity index (χ4n) is 18.8. The van der Waals surface area contributed by atoms with Gasteiger partial charge in [0, 0.05) is 249 Å². The molecule has 8 aromatic heterocycles. The van der Waals surface area contributed by atoms with Crippen LogP contribution in [0.15, 0.2) is 123 Å². The Balaban J connectivity index is 0.000000190. The standard InChI is InChI=1S/2C16H24N2O2.C15H24N4O.C15H23N3O.C15H25N3.C15H24N2O3S.C14H21NO.C13H21N3/c2*1-12(19)18-9-6-14(7-10-18)20-15-11-13(5-8-17-15)16(2,3)4;1-11(20)19-7-5-12(6-8-19)18-14-9-13(15(2,3)4)16-10-17-14;1-11(19)18-6-5-12(9-18)7-13-8-14(15(2,3)4)17-10-16-13;1-15(2,3)14-10-13(16-11-17-14)9-12-5-7-18(4)8-6-12;1-15(2,3)12-5-8-16-14(11-12)20-13-6-9-17(10-7-13)21(4,18)19;1-14(2,3)13-7-12(8-15-9-13)6-11-4-5-16-10-11;1-13(2,3)12-7-11(15-9-16-12)6-10-4-5-14-8-10/h2*5,8,11,14H,6-7,9-10H2,1-4H3;9-10,12H,5-8H2,1-4H3,(H,16,17,18);8,10,12H,5-7,9H2,1-4H3;10-12H,5-9H2,1-4H3;5,8,11,13H,6-7,9-10H2,1-4H3;7-9,11H,4-6,10H2,1-3H3;7,9-10,14H,4-6,8H2,1-3H3. The number of anilines is 1. The number of rotatable bonds is 17. The number of hydrogen-bond donors (Lipinski definition) is 2. The molecule has 31 heteroatoms. The van der Waals surface area contributed by atoms with Crippen LogP contribution in [0.3, 0.4) is 0 Å². The Morgan fingerprint density at radius 3 is 1.09 bits per heavy atom. The van der Waals surface area contributed by atoms with Crippen molar-refractivity contribution >= 4 is 39.5 Å². The maximum atomic E-state index is 11.5. The van der Waals surface area contributed by atoms with Crippen molar-refractivity contribution in [2.45, 2.75) is 371 Å². The zero-order valence-electron chi connectivity index (χ0n) is 97.0. The minimum atomic E-state index is -3.09. The number of likely N-dealkylation sites (tertiary alicyclic amines) is 5. The molecule has 30 nitrogen and oxygen atoms in total. The van der Waals surface area contributed by atoms with Crippen LogP contribution in [0.1, 0.15) is 345 Å². The summed E-state index contributed by atoms with van der Waals surface area (Å²) in [7, 11) is -0.879. The molecule has 8 aliphatic rings. The lowest BCUT2D eigenvalue weighted by molar-refractivity contribution is -0.131. The number of carbonyl (C=O) groups excluding carboxylic acids is 4. The van der Waals surface area contributed by atoms with E-state index in [1.807, 2.05) is 74.5 Å². The van der Waals surface area contributed by atoms with Crippen molar-refractivity contribution < 1.29 is 46.5 Å². The molecule has 16 heterocycles. The molecule has 3 unspecified atom stereocenters. The van der Waals surface area contributed by atoms with E-state index in [-0.39, 0.29) is 85.3 Å². The fourth-order valence-corrected chi connectivity index (χ4v) is 19.6. The Bertz CT molecular complexity index is 5320. The largest absolute Gasteiger partial charge is 0.474 e. The van der Waals surface area contributed by atoms with E-state index < -0.39 is 10.0 Å². The molecule has 828 valence electrons. The van der Waals surface area contributed by atoms with E-state index in [0.717, 1.165) is 195 Å². The molecular weight excluding hydrogens is 1900 g/mol. The molecule has 8 saturated heterocycles.